The Balaban J connectivity index is 1.23. The van der Waals surface area contributed by atoms with Crippen LogP contribution in [0.25, 0.3) is 17.1 Å². The summed E-state index contributed by atoms with van der Waals surface area (Å²) in [4.78, 5) is 19.5. The zero-order valence-corrected chi connectivity index (χ0v) is 17.3. The number of likely N-dealkylation sites (tertiary alicyclic amines) is 1. The van der Waals surface area contributed by atoms with Crippen molar-refractivity contribution in [2.24, 2.45) is 5.92 Å². The molecule has 0 aliphatic carbocycles. The van der Waals surface area contributed by atoms with Gasteiger partial charge in [-0.05, 0) is 66.6 Å². The van der Waals surface area contributed by atoms with Crippen LogP contribution in [0.2, 0.25) is 0 Å². The van der Waals surface area contributed by atoms with Gasteiger partial charge in [-0.1, -0.05) is 5.16 Å². The summed E-state index contributed by atoms with van der Waals surface area (Å²) in [7, 11) is 0. The van der Waals surface area contributed by atoms with Crippen LogP contribution in [0, 0.1) is 5.92 Å². The first-order chi connectivity index (χ1) is 14.8. The van der Waals surface area contributed by atoms with Crippen molar-refractivity contribution < 1.29 is 9.32 Å². The summed E-state index contributed by atoms with van der Waals surface area (Å²) in [6.07, 6.45) is 6.74. The van der Waals surface area contributed by atoms with Crippen LogP contribution >= 0.6 is 11.3 Å². The molecule has 1 atom stereocenters. The van der Waals surface area contributed by atoms with Crippen LogP contribution in [0.1, 0.15) is 29.1 Å². The third-order valence-electron chi connectivity index (χ3n) is 5.53. The van der Waals surface area contributed by atoms with E-state index < -0.39 is 0 Å². The summed E-state index contributed by atoms with van der Waals surface area (Å²) in [5.41, 5.74) is 2.76. The normalized spacial score (nSPS) is 16.7. The van der Waals surface area contributed by atoms with Gasteiger partial charge in [-0.15, -0.1) is 0 Å². The van der Waals surface area contributed by atoms with Crippen molar-refractivity contribution in [2.75, 3.05) is 13.1 Å². The summed E-state index contributed by atoms with van der Waals surface area (Å²) in [5, 5.41) is 8.11. The van der Waals surface area contributed by atoms with Crippen molar-refractivity contribution in [3.8, 4) is 17.1 Å². The Bertz CT molecular complexity index is 1100. The fourth-order valence-electron chi connectivity index (χ4n) is 3.98. The average molecular weight is 419 g/mol. The first-order valence-electron chi connectivity index (χ1n) is 10.1. The number of carbonyl (C=O) groups excluding carboxylic acids is 1. The third kappa shape index (κ3) is 3.93. The van der Waals surface area contributed by atoms with Gasteiger partial charge in [0.15, 0.2) is 0 Å². The minimum absolute atomic E-state index is 0.0863. The largest absolute Gasteiger partial charge is 0.339 e. The van der Waals surface area contributed by atoms with E-state index in [1.807, 2.05) is 75.1 Å². The minimum Gasteiger partial charge on any atom is -0.339 e. The molecule has 0 bridgehead atoms. The van der Waals surface area contributed by atoms with E-state index in [1.54, 1.807) is 11.3 Å². The highest BCUT2D eigenvalue weighted by Gasteiger charge is 2.26. The number of nitrogens with zero attached hydrogens (tertiary/aromatic N) is 4. The smallest absolute Gasteiger partial charge is 0.253 e. The molecule has 0 spiro atoms. The molecule has 1 aliphatic rings. The number of aromatic nitrogens is 3. The van der Waals surface area contributed by atoms with Crippen LogP contribution in [0.5, 0.6) is 0 Å². The number of thiophene rings is 1. The Hall–Kier alpha value is -3.19. The Morgan fingerprint density at radius 2 is 2.00 bits per heavy atom. The topological polar surface area (TPSA) is 64.2 Å². The first-order valence-corrected chi connectivity index (χ1v) is 11.1. The molecule has 30 heavy (non-hydrogen) atoms. The van der Waals surface area contributed by atoms with Crippen LogP contribution in [0.3, 0.4) is 0 Å². The highest BCUT2D eigenvalue weighted by Crippen LogP contribution is 2.24. The van der Waals surface area contributed by atoms with Crippen molar-refractivity contribution in [2.45, 2.75) is 19.3 Å². The molecule has 4 heterocycles. The Morgan fingerprint density at radius 1 is 1.17 bits per heavy atom. The van der Waals surface area contributed by atoms with E-state index in [0.717, 1.165) is 36.2 Å². The lowest BCUT2D eigenvalue weighted by Gasteiger charge is -2.32. The van der Waals surface area contributed by atoms with Gasteiger partial charge in [-0.3, -0.25) is 4.79 Å². The zero-order chi connectivity index (χ0) is 20.3. The molecule has 1 aliphatic heterocycles. The average Bonchev–Trinajstić information content (AvgIpc) is 3.56. The van der Waals surface area contributed by atoms with Gasteiger partial charge in [-0.25, -0.2) is 0 Å². The molecule has 3 aromatic heterocycles. The molecule has 1 saturated heterocycles. The number of hydrogen-bond donors (Lipinski definition) is 0. The zero-order valence-electron chi connectivity index (χ0n) is 16.5. The van der Waals surface area contributed by atoms with Gasteiger partial charge < -0.3 is 14.0 Å². The van der Waals surface area contributed by atoms with Crippen LogP contribution in [0.15, 0.2) is 70.1 Å². The van der Waals surface area contributed by atoms with Gasteiger partial charge in [0.1, 0.15) is 0 Å². The minimum atomic E-state index is 0.0863. The SMILES string of the molecule is O=C(c1ccc(-n2cccc2)cc1)N1CCC[C@H](Cc2nc(-c3ccsc3)no2)C1. The molecule has 152 valence electrons. The predicted molar refractivity (Wildman–Crippen MR) is 116 cm³/mol. The molecule has 1 aromatic carbocycles. The monoisotopic (exact) mass is 418 g/mol. The second-order valence-electron chi connectivity index (χ2n) is 7.62. The molecule has 4 aromatic rings. The summed E-state index contributed by atoms with van der Waals surface area (Å²) < 4.78 is 7.49. The van der Waals surface area contributed by atoms with E-state index in [0.29, 0.717) is 30.6 Å². The van der Waals surface area contributed by atoms with Gasteiger partial charge in [0.05, 0.1) is 0 Å². The number of piperidine rings is 1. The summed E-state index contributed by atoms with van der Waals surface area (Å²) >= 11 is 1.61. The molecule has 0 radical (unpaired) electrons. The van der Waals surface area contributed by atoms with Crippen LogP contribution in [-0.4, -0.2) is 38.6 Å². The maximum Gasteiger partial charge on any atom is 0.253 e. The molecule has 0 unspecified atom stereocenters. The number of hydrogen-bond acceptors (Lipinski definition) is 5. The van der Waals surface area contributed by atoms with Crippen molar-refractivity contribution in [1.29, 1.82) is 0 Å². The number of amides is 1. The number of benzene rings is 1. The standard InChI is InChI=1S/C23H22N4O2S/c28-23(18-5-7-20(8-6-18)26-10-1-2-11-26)27-12-3-4-17(15-27)14-21-24-22(25-29-21)19-9-13-30-16-19/h1-2,5-11,13,16-17H,3-4,12,14-15H2/t17-/m1/s1. The fraction of sp³-hybridized carbons (Fsp3) is 0.261. The molecule has 0 N–H and O–H groups in total. The quantitative estimate of drug-likeness (QED) is 0.472. The van der Waals surface area contributed by atoms with Crippen LogP contribution in [-0.2, 0) is 6.42 Å². The van der Waals surface area contributed by atoms with E-state index in [4.69, 9.17) is 4.52 Å². The molecule has 0 saturated carbocycles. The Labute approximate surface area is 178 Å². The van der Waals surface area contributed by atoms with Crippen molar-refractivity contribution in [3.05, 3.63) is 77.1 Å². The predicted octanol–water partition coefficient (Wildman–Crippen LogP) is 4.68. The molecular weight excluding hydrogens is 396 g/mol. The lowest BCUT2D eigenvalue weighted by molar-refractivity contribution is 0.0668. The van der Waals surface area contributed by atoms with Gasteiger partial charge in [-0.2, -0.15) is 16.3 Å². The summed E-state index contributed by atoms with van der Waals surface area (Å²) in [6, 6.07) is 13.7. The fourth-order valence-corrected chi connectivity index (χ4v) is 4.61. The lowest BCUT2D eigenvalue weighted by Crippen LogP contribution is -2.40. The summed E-state index contributed by atoms with van der Waals surface area (Å²) in [6.45, 7) is 1.51. The third-order valence-corrected chi connectivity index (χ3v) is 6.22. The molecule has 6 nitrogen and oxygen atoms in total. The van der Waals surface area contributed by atoms with Gasteiger partial charge in [0.2, 0.25) is 11.7 Å². The van der Waals surface area contributed by atoms with Crippen LogP contribution in [0.4, 0.5) is 0 Å². The molecule has 5 rings (SSSR count). The highest BCUT2D eigenvalue weighted by molar-refractivity contribution is 7.08. The van der Waals surface area contributed by atoms with Crippen molar-refractivity contribution in [3.63, 3.8) is 0 Å². The Kier molecular flexibility index (Phi) is 5.19. The van der Waals surface area contributed by atoms with E-state index in [1.165, 1.54) is 0 Å². The van der Waals surface area contributed by atoms with Crippen LogP contribution < -0.4 is 0 Å². The molecule has 7 heteroatoms. The molecule has 1 fully saturated rings. The summed E-state index contributed by atoms with van der Waals surface area (Å²) in [5.74, 6) is 1.70. The number of rotatable bonds is 5. The highest BCUT2D eigenvalue weighted by atomic mass is 32.1. The maximum atomic E-state index is 13.0. The van der Waals surface area contributed by atoms with Gasteiger partial charge in [0.25, 0.3) is 5.91 Å². The van der Waals surface area contributed by atoms with E-state index in [9.17, 15) is 4.79 Å². The van der Waals surface area contributed by atoms with Crippen molar-refractivity contribution in [1.82, 2.24) is 19.6 Å². The Morgan fingerprint density at radius 3 is 2.77 bits per heavy atom. The second-order valence-corrected chi connectivity index (χ2v) is 8.40. The number of carbonyl (C=O) groups is 1. The van der Waals surface area contributed by atoms with Gasteiger partial charge >= 0.3 is 0 Å². The second kappa shape index (κ2) is 8.28. The first kappa shape index (κ1) is 18.8. The van der Waals surface area contributed by atoms with Gasteiger partial charge in [0, 0.05) is 54.1 Å². The lowest BCUT2D eigenvalue weighted by atomic mass is 9.94. The van der Waals surface area contributed by atoms with Crippen molar-refractivity contribution >= 4 is 17.2 Å². The maximum absolute atomic E-state index is 13.0. The molecular formula is C23H22N4O2S. The van der Waals surface area contributed by atoms with E-state index in [2.05, 4.69) is 10.1 Å². The van der Waals surface area contributed by atoms with E-state index >= 15 is 0 Å². The van der Waals surface area contributed by atoms with E-state index in [-0.39, 0.29) is 5.91 Å². The molecule has 1 amide bonds.